The van der Waals surface area contributed by atoms with Crippen LogP contribution >= 0.6 is 11.3 Å². The molecule has 0 amide bonds. The fraction of sp³-hybridized carbons (Fsp3) is 0.167. The molecule has 104 valence electrons. The lowest BCUT2D eigenvalue weighted by Crippen LogP contribution is -2.09. The second kappa shape index (κ2) is 5.38. The Morgan fingerprint density at radius 2 is 2.15 bits per heavy atom. The first-order valence-electron chi connectivity index (χ1n) is 5.42. The minimum atomic E-state index is -4.58. The summed E-state index contributed by atoms with van der Waals surface area (Å²) in [5.41, 5.74) is -0.600. The van der Waals surface area contributed by atoms with E-state index >= 15 is 0 Å². The number of alkyl halides is 3. The smallest absolute Gasteiger partial charge is 0.379 e. The summed E-state index contributed by atoms with van der Waals surface area (Å²) in [5, 5.41) is 13.0. The fourth-order valence-corrected chi connectivity index (χ4v) is 2.17. The average molecular weight is 299 g/mol. The van der Waals surface area contributed by atoms with E-state index < -0.39 is 17.3 Å². The number of hydrogen-bond donors (Lipinski definition) is 2. The Labute approximate surface area is 115 Å². The Kier molecular flexibility index (Phi) is 3.81. The zero-order chi connectivity index (χ0) is 14.8. The van der Waals surface area contributed by atoms with Gasteiger partial charge in [-0.25, -0.2) is 0 Å². The topological polar surface area (TPSA) is 68.7 Å². The van der Waals surface area contributed by atoms with Crippen LogP contribution in [0.2, 0.25) is 0 Å². The molecule has 4 nitrogen and oxygen atoms in total. The summed E-state index contributed by atoms with van der Waals surface area (Å²) in [6, 6.07) is 4.89. The van der Waals surface area contributed by atoms with Crippen molar-refractivity contribution in [3.8, 4) is 6.07 Å². The van der Waals surface area contributed by atoms with Crippen LogP contribution < -0.4 is 10.2 Å². The van der Waals surface area contributed by atoms with Crippen molar-refractivity contribution >= 4 is 17.0 Å². The minimum Gasteiger partial charge on any atom is -0.379 e. The molecule has 0 radical (unpaired) electrons. The molecule has 0 saturated carbocycles. The third-order valence-corrected chi connectivity index (χ3v) is 3.22. The van der Waals surface area contributed by atoms with Crippen LogP contribution in [0.15, 0.2) is 28.4 Å². The van der Waals surface area contributed by atoms with Crippen LogP contribution in [0.1, 0.15) is 16.8 Å². The van der Waals surface area contributed by atoms with Gasteiger partial charge in [0.1, 0.15) is 0 Å². The molecular weight excluding hydrogens is 291 g/mol. The van der Waals surface area contributed by atoms with Gasteiger partial charge in [-0.2, -0.15) is 18.4 Å². The predicted molar refractivity (Wildman–Crippen MR) is 68.4 cm³/mol. The van der Waals surface area contributed by atoms with Gasteiger partial charge in [-0.05, 0) is 18.2 Å². The van der Waals surface area contributed by atoms with E-state index in [1.165, 1.54) is 12.1 Å². The van der Waals surface area contributed by atoms with Crippen molar-refractivity contribution in [3.05, 3.63) is 50.1 Å². The highest BCUT2D eigenvalue weighted by Gasteiger charge is 2.33. The summed E-state index contributed by atoms with van der Waals surface area (Å²) in [4.78, 5) is 13.2. The van der Waals surface area contributed by atoms with Crippen LogP contribution in [0.5, 0.6) is 0 Å². The summed E-state index contributed by atoms with van der Waals surface area (Å²) in [6.07, 6.45) is -4.58. The van der Waals surface area contributed by atoms with Crippen molar-refractivity contribution in [2.75, 3.05) is 5.32 Å². The van der Waals surface area contributed by atoms with Crippen molar-refractivity contribution < 1.29 is 13.2 Å². The number of benzene rings is 1. The summed E-state index contributed by atoms with van der Waals surface area (Å²) in [7, 11) is 0. The van der Waals surface area contributed by atoms with Gasteiger partial charge in [0.05, 0.1) is 23.7 Å². The summed E-state index contributed by atoms with van der Waals surface area (Å²) in [6.45, 7) is 0.196. The van der Waals surface area contributed by atoms with E-state index in [2.05, 4.69) is 10.3 Å². The van der Waals surface area contributed by atoms with Crippen molar-refractivity contribution in [1.82, 2.24) is 4.98 Å². The molecule has 1 aromatic carbocycles. The molecule has 2 aromatic rings. The average Bonchev–Trinajstić information content (AvgIpc) is 2.81. The molecular formula is C12H8F3N3OS. The number of hydrogen-bond acceptors (Lipinski definition) is 4. The number of rotatable bonds is 3. The number of anilines is 1. The Balaban J connectivity index is 2.21. The molecule has 0 bridgehead atoms. The standard InChI is InChI=1S/C12H8F3N3OS/c13-12(14,15)10-3-8(2-1-7(10)4-16)17-5-9-6-20-11(19)18-9/h1-3,6,17H,5H2,(H,18,19). The van der Waals surface area contributed by atoms with Crippen LogP contribution in [0.4, 0.5) is 18.9 Å². The Bertz CT molecular complexity index is 712. The van der Waals surface area contributed by atoms with Gasteiger partial charge in [0.2, 0.25) is 0 Å². The number of aromatic nitrogens is 1. The quantitative estimate of drug-likeness (QED) is 0.915. The summed E-state index contributed by atoms with van der Waals surface area (Å²) < 4.78 is 38.3. The van der Waals surface area contributed by atoms with Gasteiger partial charge in [-0.3, -0.25) is 4.79 Å². The van der Waals surface area contributed by atoms with Gasteiger partial charge in [-0.1, -0.05) is 11.3 Å². The second-order valence-corrected chi connectivity index (χ2v) is 4.74. The summed E-state index contributed by atoms with van der Waals surface area (Å²) >= 11 is 0.979. The lowest BCUT2D eigenvalue weighted by molar-refractivity contribution is -0.137. The largest absolute Gasteiger partial charge is 0.417 e. The number of thiazole rings is 1. The van der Waals surface area contributed by atoms with Crippen LogP contribution in [0.25, 0.3) is 0 Å². The zero-order valence-corrected chi connectivity index (χ0v) is 10.7. The predicted octanol–water partition coefficient (Wildman–Crippen LogP) is 2.94. The molecule has 0 unspecified atom stereocenters. The van der Waals surface area contributed by atoms with Crippen molar-refractivity contribution in [2.24, 2.45) is 0 Å². The van der Waals surface area contributed by atoms with Crippen LogP contribution in [0.3, 0.4) is 0 Å². The Hall–Kier alpha value is -2.27. The third kappa shape index (κ3) is 3.19. The highest BCUT2D eigenvalue weighted by atomic mass is 32.1. The normalized spacial score (nSPS) is 11.1. The lowest BCUT2D eigenvalue weighted by Gasteiger charge is -2.11. The summed E-state index contributed by atoms with van der Waals surface area (Å²) in [5.74, 6) is 0. The molecule has 1 heterocycles. The van der Waals surface area contributed by atoms with E-state index in [1.54, 1.807) is 5.38 Å². The molecule has 2 rings (SSSR count). The van der Waals surface area contributed by atoms with Gasteiger partial charge in [-0.15, -0.1) is 0 Å². The van der Waals surface area contributed by atoms with E-state index in [0.717, 1.165) is 23.5 Å². The number of aromatic amines is 1. The Morgan fingerprint density at radius 3 is 2.70 bits per heavy atom. The van der Waals surface area contributed by atoms with E-state index in [-0.39, 0.29) is 17.1 Å². The molecule has 0 saturated heterocycles. The fourth-order valence-electron chi connectivity index (χ4n) is 1.58. The molecule has 0 atom stereocenters. The van der Waals surface area contributed by atoms with Crippen molar-refractivity contribution in [2.45, 2.75) is 12.7 Å². The number of nitrogens with one attached hydrogen (secondary N) is 2. The third-order valence-electron chi connectivity index (χ3n) is 2.50. The molecule has 20 heavy (non-hydrogen) atoms. The monoisotopic (exact) mass is 299 g/mol. The zero-order valence-electron chi connectivity index (χ0n) is 9.91. The highest BCUT2D eigenvalue weighted by Crippen LogP contribution is 2.33. The molecule has 0 aliphatic rings. The molecule has 0 fully saturated rings. The van der Waals surface area contributed by atoms with Gasteiger partial charge in [0.15, 0.2) is 0 Å². The highest BCUT2D eigenvalue weighted by molar-refractivity contribution is 7.07. The SMILES string of the molecule is N#Cc1ccc(NCc2csc(=O)[nH]2)cc1C(F)(F)F. The maximum Gasteiger partial charge on any atom is 0.417 e. The first-order chi connectivity index (χ1) is 9.40. The van der Waals surface area contributed by atoms with Gasteiger partial charge < -0.3 is 10.3 Å². The number of nitriles is 1. The van der Waals surface area contributed by atoms with Gasteiger partial charge >= 0.3 is 11.0 Å². The minimum absolute atomic E-state index is 0.196. The van der Waals surface area contributed by atoms with E-state index in [1.807, 2.05) is 0 Å². The number of halogens is 3. The molecule has 0 aliphatic carbocycles. The molecule has 0 spiro atoms. The molecule has 1 aromatic heterocycles. The lowest BCUT2D eigenvalue weighted by atomic mass is 10.1. The van der Waals surface area contributed by atoms with Gasteiger partial charge in [0.25, 0.3) is 0 Å². The molecule has 0 aliphatic heterocycles. The van der Waals surface area contributed by atoms with E-state index in [0.29, 0.717) is 5.69 Å². The second-order valence-electron chi connectivity index (χ2n) is 3.90. The van der Waals surface area contributed by atoms with Gasteiger partial charge in [0, 0.05) is 16.8 Å². The van der Waals surface area contributed by atoms with Crippen LogP contribution in [0, 0.1) is 11.3 Å². The maximum atomic E-state index is 12.8. The maximum absolute atomic E-state index is 12.8. The Morgan fingerprint density at radius 1 is 1.40 bits per heavy atom. The first-order valence-corrected chi connectivity index (χ1v) is 6.30. The first kappa shape index (κ1) is 14.1. The van der Waals surface area contributed by atoms with Crippen molar-refractivity contribution in [1.29, 1.82) is 5.26 Å². The van der Waals surface area contributed by atoms with E-state index in [4.69, 9.17) is 5.26 Å². The van der Waals surface area contributed by atoms with Crippen LogP contribution in [-0.4, -0.2) is 4.98 Å². The van der Waals surface area contributed by atoms with Crippen LogP contribution in [-0.2, 0) is 12.7 Å². The molecule has 2 N–H and O–H groups in total. The van der Waals surface area contributed by atoms with Crippen molar-refractivity contribution in [3.63, 3.8) is 0 Å². The number of nitrogens with zero attached hydrogens (tertiary/aromatic N) is 1. The number of H-pyrrole nitrogens is 1. The van der Waals surface area contributed by atoms with E-state index in [9.17, 15) is 18.0 Å². The molecule has 8 heteroatoms.